The van der Waals surface area contributed by atoms with Gasteiger partial charge in [0.15, 0.2) is 0 Å². The first kappa shape index (κ1) is 12.0. The summed E-state index contributed by atoms with van der Waals surface area (Å²) >= 11 is 0. The molecule has 92 valence electrons. The molecule has 4 N–H and O–H groups in total. The van der Waals surface area contributed by atoms with Crippen molar-refractivity contribution in [1.82, 2.24) is 5.32 Å². The van der Waals surface area contributed by atoms with Gasteiger partial charge in [-0.1, -0.05) is 42.5 Å². The first-order valence-corrected chi connectivity index (χ1v) is 5.56. The van der Waals surface area contributed by atoms with Crippen LogP contribution in [0, 0.1) is 0 Å². The molecule has 0 aliphatic heterocycles. The smallest absolute Gasteiger partial charge is 0.405 e. The summed E-state index contributed by atoms with van der Waals surface area (Å²) in [5, 5.41) is 11.4. The molecule has 0 fully saturated rings. The first-order chi connectivity index (χ1) is 8.66. The van der Waals surface area contributed by atoms with Crippen molar-refractivity contribution in [1.29, 1.82) is 0 Å². The van der Waals surface area contributed by atoms with E-state index in [1.165, 1.54) is 0 Å². The van der Waals surface area contributed by atoms with E-state index in [1.54, 1.807) is 12.1 Å². The second-order valence-electron chi connectivity index (χ2n) is 3.96. The van der Waals surface area contributed by atoms with Crippen molar-refractivity contribution in [3.63, 3.8) is 0 Å². The van der Waals surface area contributed by atoms with E-state index in [-0.39, 0.29) is 0 Å². The number of rotatable bonds is 3. The Morgan fingerprint density at radius 2 is 1.72 bits per heavy atom. The number of hydrogen-bond acceptors (Lipinski definition) is 2. The lowest BCUT2D eigenvalue weighted by molar-refractivity contribution is 0.191. The predicted molar refractivity (Wildman–Crippen MR) is 70.3 cm³/mol. The van der Waals surface area contributed by atoms with Crippen LogP contribution in [-0.2, 0) is 0 Å². The van der Waals surface area contributed by atoms with Crippen molar-refractivity contribution in [2.45, 2.75) is 6.04 Å². The van der Waals surface area contributed by atoms with Gasteiger partial charge >= 0.3 is 6.09 Å². The summed E-state index contributed by atoms with van der Waals surface area (Å²) in [4.78, 5) is 10.9. The molecule has 0 radical (unpaired) electrons. The van der Waals surface area contributed by atoms with E-state index < -0.39 is 12.1 Å². The van der Waals surface area contributed by atoms with Crippen LogP contribution in [0.3, 0.4) is 0 Å². The third kappa shape index (κ3) is 2.79. The van der Waals surface area contributed by atoms with Gasteiger partial charge in [-0.05, 0) is 23.3 Å². The molecule has 0 heterocycles. The predicted octanol–water partition coefficient (Wildman–Crippen LogP) is 2.63. The lowest BCUT2D eigenvalue weighted by Crippen LogP contribution is -2.27. The zero-order valence-electron chi connectivity index (χ0n) is 9.71. The second kappa shape index (κ2) is 5.23. The van der Waals surface area contributed by atoms with Crippen molar-refractivity contribution in [3.05, 3.63) is 65.7 Å². The highest BCUT2D eigenvalue weighted by molar-refractivity contribution is 5.66. The average molecular weight is 242 g/mol. The monoisotopic (exact) mass is 242 g/mol. The number of anilines is 1. The summed E-state index contributed by atoms with van der Waals surface area (Å²) < 4.78 is 0. The van der Waals surface area contributed by atoms with Crippen LogP contribution in [-0.4, -0.2) is 11.2 Å². The molecule has 0 saturated carbocycles. The minimum absolute atomic E-state index is 0.410. The molecule has 18 heavy (non-hydrogen) atoms. The highest BCUT2D eigenvalue weighted by Crippen LogP contribution is 2.23. The number of benzene rings is 2. The summed E-state index contributed by atoms with van der Waals surface area (Å²) in [6, 6.07) is 16.2. The summed E-state index contributed by atoms with van der Waals surface area (Å²) in [6.07, 6.45) is -1.06. The van der Waals surface area contributed by atoms with E-state index in [4.69, 9.17) is 10.8 Å². The summed E-state index contributed by atoms with van der Waals surface area (Å²) in [6.45, 7) is 0. The Labute approximate surface area is 105 Å². The van der Waals surface area contributed by atoms with Gasteiger partial charge in [0, 0.05) is 5.69 Å². The topological polar surface area (TPSA) is 75.3 Å². The third-order valence-corrected chi connectivity index (χ3v) is 2.64. The highest BCUT2D eigenvalue weighted by atomic mass is 16.4. The summed E-state index contributed by atoms with van der Waals surface area (Å²) in [5.41, 5.74) is 8.04. The molecule has 2 aromatic carbocycles. The molecule has 2 aromatic rings. The van der Waals surface area contributed by atoms with Gasteiger partial charge in [0.2, 0.25) is 0 Å². The number of nitrogens with one attached hydrogen (secondary N) is 1. The summed E-state index contributed by atoms with van der Waals surface area (Å²) in [5.74, 6) is 0. The van der Waals surface area contributed by atoms with E-state index in [0.29, 0.717) is 5.69 Å². The number of carbonyl (C=O) groups is 1. The van der Waals surface area contributed by atoms with Crippen LogP contribution in [0.15, 0.2) is 54.6 Å². The Morgan fingerprint density at radius 1 is 1.06 bits per heavy atom. The fourth-order valence-electron chi connectivity index (χ4n) is 1.87. The molecule has 0 aliphatic carbocycles. The van der Waals surface area contributed by atoms with Crippen molar-refractivity contribution in [2.24, 2.45) is 0 Å². The van der Waals surface area contributed by atoms with Gasteiger partial charge in [0.05, 0.1) is 6.04 Å². The van der Waals surface area contributed by atoms with Crippen LogP contribution in [0.25, 0.3) is 0 Å². The van der Waals surface area contributed by atoms with Crippen LogP contribution in [0.1, 0.15) is 17.2 Å². The fraction of sp³-hybridized carbons (Fsp3) is 0.0714. The van der Waals surface area contributed by atoms with Crippen molar-refractivity contribution < 1.29 is 9.90 Å². The molecule has 1 atom stereocenters. The molecule has 0 bridgehead atoms. The molecular formula is C14H14N2O2. The van der Waals surface area contributed by atoms with Gasteiger partial charge in [0.25, 0.3) is 0 Å². The lowest BCUT2D eigenvalue weighted by atomic mass is 9.98. The largest absolute Gasteiger partial charge is 0.465 e. The van der Waals surface area contributed by atoms with E-state index in [9.17, 15) is 4.79 Å². The van der Waals surface area contributed by atoms with Crippen LogP contribution in [0.4, 0.5) is 10.5 Å². The SMILES string of the molecule is Nc1cccc(C(NC(=O)O)c2ccccc2)c1. The number of hydrogen-bond donors (Lipinski definition) is 3. The Morgan fingerprint density at radius 3 is 2.33 bits per heavy atom. The van der Waals surface area contributed by atoms with E-state index in [0.717, 1.165) is 11.1 Å². The standard InChI is InChI=1S/C14H14N2O2/c15-12-8-4-7-11(9-12)13(16-14(17)18)10-5-2-1-3-6-10/h1-9,13,16H,15H2,(H,17,18). The number of nitrogens with two attached hydrogens (primary N) is 1. The maximum absolute atomic E-state index is 10.9. The lowest BCUT2D eigenvalue weighted by Gasteiger charge is -2.18. The van der Waals surface area contributed by atoms with E-state index in [2.05, 4.69) is 5.32 Å². The van der Waals surface area contributed by atoms with Gasteiger partial charge < -0.3 is 16.2 Å². The number of nitrogen functional groups attached to an aromatic ring is 1. The highest BCUT2D eigenvalue weighted by Gasteiger charge is 2.15. The molecule has 0 aliphatic rings. The Kier molecular flexibility index (Phi) is 3.48. The van der Waals surface area contributed by atoms with Crippen molar-refractivity contribution in [3.8, 4) is 0 Å². The molecule has 0 aromatic heterocycles. The maximum Gasteiger partial charge on any atom is 0.405 e. The molecule has 2 rings (SSSR count). The molecule has 4 nitrogen and oxygen atoms in total. The van der Waals surface area contributed by atoms with Gasteiger partial charge in [0.1, 0.15) is 0 Å². The fourth-order valence-corrected chi connectivity index (χ4v) is 1.87. The van der Waals surface area contributed by atoms with Crippen LogP contribution in [0.2, 0.25) is 0 Å². The van der Waals surface area contributed by atoms with E-state index in [1.807, 2.05) is 42.5 Å². The second-order valence-corrected chi connectivity index (χ2v) is 3.96. The number of amides is 1. The Hall–Kier alpha value is -2.49. The normalized spacial score (nSPS) is 11.8. The van der Waals surface area contributed by atoms with Crippen molar-refractivity contribution in [2.75, 3.05) is 5.73 Å². The zero-order chi connectivity index (χ0) is 13.0. The van der Waals surface area contributed by atoms with Gasteiger partial charge in [-0.25, -0.2) is 4.79 Å². The Bertz CT molecular complexity index is 541. The molecule has 1 unspecified atom stereocenters. The number of carboxylic acid groups (broad SMARTS) is 1. The average Bonchev–Trinajstić information content (AvgIpc) is 2.37. The van der Waals surface area contributed by atoms with Crippen LogP contribution < -0.4 is 11.1 Å². The minimum Gasteiger partial charge on any atom is -0.465 e. The summed E-state index contributed by atoms with van der Waals surface area (Å²) in [7, 11) is 0. The molecule has 0 saturated heterocycles. The van der Waals surface area contributed by atoms with Crippen LogP contribution in [0.5, 0.6) is 0 Å². The third-order valence-electron chi connectivity index (χ3n) is 2.64. The van der Waals surface area contributed by atoms with Gasteiger partial charge in [-0.3, -0.25) is 0 Å². The molecular weight excluding hydrogens is 228 g/mol. The molecule has 1 amide bonds. The molecule has 0 spiro atoms. The van der Waals surface area contributed by atoms with Crippen molar-refractivity contribution >= 4 is 11.8 Å². The van der Waals surface area contributed by atoms with E-state index >= 15 is 0 Å². The molecule has 4 heteroatoms. The van der Waals surface area contributed by atoms with Gasteiger partial charge in [-0.15, -0.1) is 0 Å². The first-order valence-electron chi connectivity index (χ1n) is 5.56. The zero-order valence-corrected chi connectivity index (χ0v) is 9.71. The quantitative estimate of drug-likeness (QED) is 0.724. The van der Waals surface area contributed by atoms with Crippen LogP contribution >= 0.6 is 0 Å². The maximum atomic E-state index is 10.9. The minimum atomic E-state index is -1.06. The van der Waals surface area contributed by atoms with Gasteiger partial charge in [-0.2, -0.15) is 0 Å². The Balaban J connectivity index is 2.40.